The number of carboxylic acids is 1. The highest BCUT2D eigenvalue weighted by Crippen LogP contribution is 2.04. The van der Waals surface area contributed by atoms with Crippen molar-refractivity contribution in [3.8, 4) is 0 Å². The minimum Gasteiger partial charge on any atom is -0.480 e. The van der Waals surface area contributed by atoms with Gasteiger partial charge in [0.2, 0.25) is 5.91 Å². The summed E-state index contributed by atoms with van der Waals surface area (Å²) < 4.78 is 0. The van der Waals surface area contributed by atoms with E-state index in [-0.39, 0.29) is 24.5 Å². The Balaban J connectivity index is 0. The zero-order valence-electron chi connectivity index (χ0n) is 12.5. The van der Waals surface area contributed by atoms with E-state index < -0.39 is 24.0 Å². The molecule has 0 fully saturated rings. The lowest BCUT2D eigenvalue weighted by molar-refractivity contribution is -0.142. The Hall–Kier alpha value is -1.69. The molecule has 0 rings (SSSR count). The highest BCUT2D eigenvalue weighted by molar-refractivity contribution is 5.87. The normalized spacial score (nSPS) is 12.8. The van der Waals surface area contributed by atoms with Gasteiger partial charge in [-0.2, -0.15) is 0 Å². The number of aliphatic carboxylic acids is 1. The van der Waals surface area contributed by atoms with Gasteiger partial charge in [0, 0.05) is 6.42 Å². The van der Waals surface area contributed by atoms with Crippen molar-refractivity contribution >= 4 is 17.7 Å². The number of nitrogens with one attached hydrogen (secondary N) is 1. The van der Waals surface area contributed by atoms with Crippen LogP contribution in [0.1, 0.15) is 40.0 Å². The summed E-state index contributed by atoms with van der Waals surface area (Å²) in [5.41, 5.74) is 5.65. The monoisotopic (exact) mass is 286 g/mol. The van der Waals surface area contributed by atoms with Gasteiger partial charge in [-0.25, -0.2) is 4.79 Å². The number of carbonyl (C=O) groups excluding carboxylic acids is 2. The Kier molecular flexibility index (Phi) is 11.5. The highest BCUT2D eigenvalue weighted by atomic mass is 16.4. The molecule has 0 spiro atoms. The van der Waals surface area contributed by atoms with Crippen LogP contribution in [0, 0.1) is 5.92 Å². The third-order valence-corrected chi connectivity index (χ3v) is 2.46. The molecule has 1 unspecified atom stereocenters. The van der Waals surface area contributed by atoms with Crippen molar-refractivity contribution in [1.29, 1.82) is 0 Å². The Morgan fingerprint density at radius 3 is 2.10 bits per heavy atom. The van der Waals surface area contributed by atoms with E-state index in [1.54, 1.807) is 0 Å². The molecule has 0 aromatic rings. The number of ketones is 1. The largest absolute Gasteiger partial charge is 0.480 e. The third kappa shape index (κ3) is 10.3. The molecule has 116 valence electrons. The van der Waals surface area contributed by atoms with Crippen LogP contribution in [0.3, 0.4) is 0 Å². The standard InChI is InChI=1S/C12H22N2O4.C2H4/c1-7(2)6-9(13)11(16)14-10(12(17)18)5-4-8(3)15;1-2/h7,9-10H,4-6,13H2,1-3H3,(H,14,16)(H,17,18);1-2H2/t9-,10?;/m0./s1. The van der Waals surface area contributed by atoms with E-state index in [0.29, 0.717) is 6.42 Å². The summed E-state index contributed by atoms with van der Waals surface area (Å²) >= 11 is 0. The van der Waals surface area contributed by atoms with E-state index in [1.165, 1.54) is 6.92 Å². The van der Waals surface area contributed by atoms with Crippen LogP contribution in [0.25, 0.3) is 0 Å². The van der Waals surface area contributed by atoms with Crippen molar-refractivity contribution in [3.63, 3.8) is 0 Å². The van der Waals surface area contributed by atoms with Crippen LogP contribution in [-0.2, 0) is 14.4 Å². The van der Waals surface area contributed by atoms with Gasteiger partial charge in [0.15, 0.2) is 0 Å². The summed E-state index contributed by atoms with van der Waals surface area (Å²) in [7, 11) is 0. The lowest BCUT2D eigenvalue weighted by Gasteiger charge is -2.18. The fourth-order valence-electron chi connectivity index (χ4n) is 1.50. The van der Waals surface area contributed by atoms with E-state index >= 15 is 0 Å². The van der Waals surface area contributed by atoms with Crippen LogP contribution < -0.4 is 11.1 Å². The number of hydrogen-bond acceptors (Lipinski definition) is 4. The molecule has 0 heterocycles. The number of hydrogen-bond donors (Lipinski definition) is 3. The van der Waals surface area contributed by atoms with Gasteiger partial charge in [0.25, 0.3) is 0 Å². The van der Waals surface area contributed by atoms with Crippen molar-refractivity contribution in [2.24, 2.45) is 11.7 Å². The molecular formula is C14H26N2O4. The van der Waals surface area contributed by atoms with Gasteiger partial charge in [-0.15, -0.1) is 13.2 Å². The molecular weight excluding hydrogens is 260 g/mol. The Labute approximate surface area is 120 Å². The molecule has 6 nitrogen and oxygen atoms in total. The second-order valence-electron chi connectivity index (χ2n) is 4.88. The maximum Gasteiger partial charge on any atom is 0.326 e. The van der Waals surface area contributed by atoms with Crippen LogP contribution in [0.5, 0.6) is 0 Å². The van der Waals surface area contributed by atoms with Crippen LogP contribution in [-0.4, -0.2) is 34.8 Å². The van der Waals surface area contributed by atoms with Gasteiger partial charge < -0.3 is 21.0 Å². The second-order valence-corrected chi connectivity index (χ2v) is 4.88. The molecule has 0 aromatic carbocycles. The molecule has 0 bridgehead atoms. The summed E-state index contributed by atoms with van der Waals surface area (Å²) in [6.45, 7) is 11.2. The first-order chi connectivity index (χ1) is 9.23. The molecule has 2 atom stereocenters. The first kappa shape index (κ1) is 20.6. The Morgan fingerprint density at radius 2 is 1.75 bits per heavy atom. The zero-order valence-corrected chi connectivity index (χ0v) is 12.5. The summed E-state index contributed by atoms with van der Waals surface area (Å²) in [5.74, 6) is -1.49. The minimum absolute atomic E-state index is 0.0881. The maximum atomic E-state index is 11.7. The fraction of sp³-hybridized carbons (Fsp3) is 0.643. The minimum atomic E-state index is -1.15. The lowest BCUT2D eigenvalue weighted by Crippen LogP contribution is -2.48. The van der Waals surface area contributed by atoms with Gasteiger partial charge in [0.05, 0.1) is 6.04 Å². The molecule has 0 aliphatic heterocycles. The number of carbonyl (C=O) groups is 3. The number of Topliss-reactive ketones (excluding diaryl/α,β-unsaturated/α-hetero) is 1. The molecule has 1 amide bonds. The topological polar surface area (TPSA) is 109 Å². The summed E-state index contributed by atoms with van der Waals surface area (Å²) in [5, 5.41) is 11.3. The lowest BCUT2D eigenvalue weighted by atomic mass is 10.0. The van der Waals surface area contributed by atoms with Crippen molar-refractivity contribution < 1.29 is 19.5 Å². The zero-order chi connectivity index (χ0) is 16.3. The molecule has 0 aromatic heterocycles. The molecule has 0 saturated heterocycles. The predicted molar refractivity (Wildman–Crippen MR) is 78.2 cm³/mol. The van der Waals surface area contributed by atoms with Crippen LogP contribution in [0.2, 0.25) is 0 Å². The van der Waals surface area contributed by atoms with E-state index in [9.17, 15) is 14.4 Å². The Morgan fingerprint density at radius 1 is 1.25 bits per heavy atom. The summed E-state index contributed by atoms with van der Waals surface area (Å²) in [4.78, 5) is 33.4. The average molecular weight is 286 g/mol. The van der Waals surface area contributed by atoms with Crippen molar-refractivity contribution in [2.45, 2.75) is 52.1 Å². The molecule has 0 aliphatic rings. The second kappa shape index (κ2) is 11.2. The van der Waals surface area contributed by atoms with E-state index in [2.05, 4.69) is 18.5 Å². The molecule has 0 aliphatic carbocycles. The van der Waals surface area contributed by atoms with E-state index in [4.69, 9.17) is 10.8 Å². The van der Waals surface area contributed by atoms with Crippen LogP contribution in [0.4, 0.5) is 0 Å². The summed E-state index contributed by atoms with van der Waals surface area (Å²) in [6.07, 6.45) is 0.701. The van der Waals surface area contributed by atoms with E-state index in [1.807, 2.05) is 13.8 Å². The third-order valence-electron chi connectivity index (χ3n) is 2.46. The molecule has 20 heavy (non-hydrogen) atoms. The number of nitrogens with two attached hydrogens (primary N) is 1. The SMILES string of the molecule is C=C.CC(=O)CCC(NC(=O)[C@@H](N)CC(C)C)C(=O)O. The van der Waals surface area contributed by atoms with Crippen molar-refractivity contribution in [1.82, 2.24) is 5.32 Å². The van der Waals surface area contributed by atoms with Crippen molar-refractivity contribution in [3.05, 3.63) is 13.2 Å². The molecule has 4 N–H and O–H groups in total. The highest BCUT2D eigenvalue weighted by Gasteiger charge is 2.23. The first-order valence-electron chi connectivity index (χ1n) is 6.52. The Bertz CT molecular complexity index is 329. The molecule has 0 radical (unpaired) electrons. The first-order valence-corrected chi connectivity index (χ1v) is 6.52. The van der Waals surface area contributed by atoms with Crippen molar-refractivity contribution in [2.75, 3.05) is 0 Å². The van der Waals surface area contributed by atoms with Gasteiger partial charge in [-0.1, -0.05) is 13.8 Å². The van der Waals surface area contributed by atoms with Gasteiger partial charge in [-0.3, -0.25) is 4.79 Å². The molecule has 0 saturated carbocycles. The quantitative estimate of drug-likeness (QED) is 0.579. The van der Waals surface area contributed by atoms with Gasteiger partial charge in [0.1, 0.15) is 11.8 Å². The smallest absolute Gasteiger partial charge is 0.326 e. The number of rotatable bonds is 8. The van der Waals surface area contributed by atoms with E-state index in [0.717, 1.165) is 0 Å². The summed E-state index contributed by atoms with van der Waals surface area (Å²) in [6, 6.07) is -1.77. The number of amides is 1. The number of carboxylic acid groups (broad SMARTS) is 1. The van der Waals surface area contributed by atoms with Crippen LogP contribution >= 0.6 is 0 Å². The van der Waals surface area contributed by atoms with Gasteiger partial charge >= 0.3 is 5.97 Å². The predicted octanol–water partition coefficient (Wildman–Crippen LogP) is 1.10. The van der Waals surface area contributed by atoms with Gasteiger partial charge in [-0.05, 0) is 25.7 Å². The van der Waals surface area contributed by atoms with Crippen LogP contribution in [0.15, 0.2) is 13.2 Å². The average Bonchev–Trinajstić information content (AvgIpc) is 2.35. The maximum absolute atomic E-state index is 11.7. The fourth-order valence-corrected chi connectivity index (χ4v) is 1.50. The molecule has 6 heteroatoms.